The molecule has 0 spiro atoms. The topological polar surface area (TPSA) is 79.2 Å². The molecular weight excluding hydrogens is 354 g/mol. The van der Waals surface area contributed by atoms with Gasteiger partial charge in [0.15, 0.2) is 0 Å². The Hall–Kier alpha value is -3.42. The SMILES string of the molecule is Cc1cc(C)n(-c2ccccc2NC(=O)N2CCN(c3cnccn3)CC2)n1. The first-order chi connectivity index (χ1) is 13.6. The molecule has 3 heterocycles. The average molecular weight is 377 g/mol. The van der Waals surface area contributed by atoms with Crippen molar-refractivity contribution >= 4 is 17.5 Å². The van der Waals surface area contributed by atoms with Gasteiger partial charge < -0.3 is 15.1 Å². The number of aryl methyl sites for hydroxylation is 2. The van der Waals surface area contributed by atoms with E-state index in [0.29, 0.717) is 13.1 Å². The van der Waals surface area contributed by atoms with Crippen LogP contribution in [-0.4, -0.2) is 56.9 Å². The highest BCUT2D eigenvalue weighted by molar-refractivity contribution is 5.91. The molecule has 1 saturated heterocycles. The van der Waals surface area contributed by atoms with E-state index >= 15 is 0 Å². The van der Waals surface area contributed by atoms with Gasteiger partial charge in [-0.2, -0.15) is 5.10 Å². The molecule has 4 rings (SSSR count). The molecule has 0 atom stereocenters. The van der Waals surface area contributed by atoms with E-state index in [1.165, 1.54) is 0 Å². The molecule has 0 aliphatic carbocycles. The third-order valence-corrected chi connectivity index (χ3v) is 4.82. The van der Waals surface area contributed by atoms with Crippen LogP contribution in [-0.2, 0) is 0 Å². The summed E-state index contributed by atoms with van der Waals surface area (Å²) in [7, 11) is 0. The maximum absolute atomic E-state index is 12.8. The number of aromatic nitrogens is 4. The molecule has 0 bridgehead atoms. The molecule has 0 unspecified atom stereocenters. The lowest BCUT2D eigenvalue weighted by Crippen LogP contribution is -2.50. The highest BCUT2D eigenvalue weighted by atomic mass is 16.2. The summed E-state index contributed by atoms with van der Waals surface area (Å²) in [6.45, 7) is 6.68. The van der Waals surface area contributed by atoms with Crippen molar-refractivity contribution in [3.8, 4) is 5.69 Å². The molecule has 0 radical (unpaired) electrons. The van der Waals surface area contributed by atoms with Gasteiger partial charge in [-0.3, -0.25) is 4.98 Å². The Bertz CT molecular complexity index is 962. The van der Waals surface area contributed by atoms with Crippen LogP contribution in [0, 0.1) is 13.8 Å². The second-order valence-corrected chi connectivity index (χ2v) is 6.82. The van der Waals surface area contributed by atoms with Crippen LogP contribution in [0.25, 0.3) is 5.69 Å². The average Bonchev–Trinajstić information content (AvgIpc) is 3.07. The first-order valence-electron chi connectivity index (χ1n) is 9.31. The number of hydrogen-bond donors (Lipinski definition) is 1. The van der Waals surface area contributed by atoms with Crippen LogP contribution >= 0.6 is 0 Å². The fourth-order valence-electron chi connectivity index (χ4n) is 3.42. The summed E-state index contributed by atoms with van der Waals surface area (Å²) in [6, 6.07) is 9.63. The summed E-state index contributed by atoms with van der Waals surface area (Å²) < 4.78 is 1.86. The predicted molar refractivity (Wildman–Crippen MR) is 108 cm³/mol. The molecular formula is C20H23N7O. The van der Waals surface area contributed by atoms with Crippen molar-refractivity contribution in [2.24, 2.45) is 0 Å². The number of hydrogen-bond acceptors (Lipinski definition) is 5. The molecule has 8 heteroatoms. The molecule has 1 N–H and O–H groups in total. The Balaban J connectivity index is 1.45. The Kier molecular flexibility index (Phi) is 4.92. The highest BCUT2D eigenvalue weighted by Gasteiger charge is 2.23. The summed E-state index contributed by atoms with van der Waals surface area (Å²) in [6.07, 6.45) is 5.10. The molecule has 2 aromatic heterocycles. The molecule has 3 aromatic rings. The third-order valence-electron chi connectivity index (χ3n) is 4.82. The predicted octanol–water partition coefficient (Wildman–Crippen LogP) is 2.63. The lowest BCUT2D eigenvalue weighted by molar-refractivity contribution is 0.208. The van der Waals surface area contributed by atoms with Crippen LogP contribution in [0.2, 0.25) is 0 Å². The van der Waals surface area contributed by atoms with E-state index in [2.05, 4.69) is 25.3 Å². The second-order valence-electron chi connectivity index (χ2n) is 6.82. The van der Waals surface area contributed by atoms with Crippen LogP contribution in [0.1, 0.15) is 11.4 Å². The number of benzene rings is 1. The van der Waals surface area contributed by atoms with Crippen molar-refractivity contribution in [3.05, 3.63) is 60.3 Å². The van der Waals surface area contributed by atoms with E-state index in [0.717, 1.165) is 41.7 Å². The summed E-state index contributed by atoms with van der Waals surface area (Å²) in [5.74, 6) is 0.845. The van der Waals surface area contributed by atoms with Crippen molar-refractivity contribution in [3.63, 3.8) is 0 Å². The van der Waals surface area contributed by atoms with E-state index in [1.54, 1.807) is 18.6 Å². The number of nitrogens with zero attached hydrogens (tertiary/aromatic N) is 6. The maximum atomic E-state index is 12.8. The zero-order valence-electron chi connectivity index (χ0n) is 16.0. The van der Waals surface area contributed by atoms with Crippen molar-refractivity contribution in [2.45, 2.75) is 13.8 Å². The Morgan fingerprint density at radius 2 is 1.86 bits per heavy atom. The molecule has 1 aliphatic rings. The van der Waals surface area contributed by atoms with Crippen molar-refractivity contribution in [1.29, 1.82) is 0 Å². The minimum Gasteiger partial charge on any atom is -0.352 e. The van der Waals surface area contributed by atoms with E-state index < -0.39 is 0 Å². The number of carbonyl (C=O) groups excluding carboxylic acids is 1. The summed E-state index contributed by atoms with van der Waals surface area (Å²) >= 11 is 0. The summed E-state index contributed by atoms with van der Waals surface area (Å²) in [4.78, 5) is 25.2. The number of anilines is 2. The minimum absolute atomic E-state index is 0.104. The lowest BCUT2D eigenvalue weighted by Gasteiger charge is -2.35. The van der Waals surface area contributed by atoms with E-state index in [4.69, 9.17) is 0 Å². The Morgan fingerprint density at radius 1 is 1.07 bits per heavy atom. The van der Waals surface area contributed by atoms with Gasteiger partial charge in [-0.15, -0.1) is 0 Å². The van der Waals surface area contributed by atoms with E-state index in [9.17, 15) is 4.79 Å². The Morgan fingerprint density at radius 3 is 2.54 bits per heavy atom. The number of urea groups is 1. The van der Waals surface area contributed by atoms with Gasteiger partial charge in [0, 0.05) is 44.3 Å². The fourth-order valence-corrected chi connectivity index (χ4v) is 3.42. The number of piperazine rings is 1. The summed E-state index contributed by atoms with van der Waals surface area (Å²) in [5, 5.41) is 7.59. The number of para-hydroxylation sites is 2. The number of carbonyl (C=O) groups is 1. The van der Waals surface area contributed by atoms with Gasteiger partial charge in [-0.1, -0.05) is 12.1 Å². The van der Waals surface area contributed by atoms with Crippen molar-refractivity contribution in [1.82, 2.24) is 24.6 Å². The van der Waals surface area contributed by atoms with E-state index in [-0.39, 0.29) is 6.03 Å². The maximum Gasteiger partial charge on any atom is 0.322 e. The van der Waals surface area contributed by atoms with Crippen LogP contribution in [0.4, 0.5) is 16.3 Å². The lowest BCUT2D eigenvalue weighted by atomic mass is 10.2. The Labute approximate surface area is 163 Å². The van der Waals surface area contributed by atoms with Gasteiger partial charge in [0.1, 0.15) is 5.82 Å². The third kappa shape index (κ3) is 3.66. The van der Waals surface area contributed by atoms with Crippen LogP contribution < -0.4 is 10.2 Å². The second kappa shape index (κ2) is 7.67. The van der Waals surface area contributed by atoms with Crippen molar-refractivity contribution in [2.75, 3.05) is 36.4 Å². The molecule has 8 nitrogen and oxygen atoms in total. The van der Waals surface area contributed by atoms with Crippen molar-refractivity contribution < 1.29 is 4.79 Å². The molecule has 2 amide bonds. The standard InChI is InChI=1S/C20H23N7O/c1-15-13-16(2)27(24-15)18-6-4-3-5-17(18)23-20(28)26-11-9-25(10-12-26)19-14-21-7-8-22-19/h3-8,13-14H,9-12H2,1-2H3,(H,23,28). The van der Waals surface area contributed by atoms with Gasteiger partial charge in [-0.25, -0.2) is 14.5 Å². The quantitative estimate of drug-likeness (QED) is 0.759. The van der Waals surface area contributed by atoms with E-state index in [1.807, 2.05) is 53.8 Å². The van der Waals surface area contributed by atoms with Gasteiger partial charge in [0.05, 0.1) is 23.3 Å². The normalized spacial score (nSPS) is 14.2. The van der Waals surface area contributed by atoms with Gasteiger partial charge in [0.25, 0.3) is 0 Å². The largest absolute Gasteiger partial charge is 0.352 e. The zero-order valence-corrected chi connectivity index (χ0v) is 16.0. The van der Waals surface area contributed by atoms with Crippen LogP contribution in [0.15, 0.2) is 48.9 Å². The molecule has 28 heavy (non-hydrogen) atoms. The van der Waals surface area contributed by atoms with Gasteiger partial charge in [0.2, 0.25) is 0 Å². The molecule has 1 aliphatic heterocycles. The van der Waals surface area contributed by atoms with Crippen LogP contribution in [0.3, 0.4) is 0 Å². The smallest absolute Gasteiger partial charge is 0.322 e. The summed E-state index contributed by atoms with van der Waals surface area (Å²) in [5.41, 5.74) is 3.57. The number of amides is 2. The first-order valence-corrected chi connectivity index (χ1v) is 9.31. The molecule has 144 valence electrons. The monoisotopic (exact) mass is 377 g/mol. The molecule has 0 saturated carbocycles. The minimum atomic E-state index is -0.104. The first kappa shape index (κ1) is 18.0. The zero-order chi connectivity index (χ0) is 19.5. The van der Waals surface area contributed by atoms with Gasteiger partial charge >= 0.3 is 6.03 Å². The molecule has 1 aromatic carbocycles. The molecule has 1 fully saturated rings. The van der Waals surface area contributed by atoms with Gasteiger partial charge in [-0.05, 0) is 32.0 Å². The fraction of sp³-hybridized carbons (Fsp3) is 0.300. The number of nitrogens with one attached hydrogen (secondary N) is 1. The number of rotatable bonds is 3. The highest BCUT2D eigenvalue weighted by Crippen LogP contribution is 2.22. The van der Waals surface area contributed by atoms with Crippen LogP contribution in [0.5, 0.6) is 0 Å².